The Kier molecular flexibility index (Phi) is 5.68. The van der Waals surface area contributed by atoms with E-state index in [0.29, 0.717) is 29.8 Å². The average molecular weight is 365 g/mol. The Morgan fingerprint density at radius 2 is 1.72 bits per heavy atom. The van der Waals surface area contributed by atoms with E-state index in [1.54, 1.807) is 36.0 Å². The summed E-state index contributed by atoms with van der Waals surface area (Å²) in [6.45, 7) is 2.39. The van der Waals surface area contributed by atoms with Crippen molar-refractivity contribution in [1.82, 2.24) is 9.97 Å². The fourth-order valence-corrected chi connectivity index (χ4v) is 3.12. The van der Waals surface area contributed by atoms with E-state index in [9.17, 15) is 8.42 Å². The molecule has 2 rings (SSSR count). The largest absolute Gasteiger partial charge is 0.494 e. The predicted octanol–water partition coefficient (Wildman–Crippen LogP) is 1.81. The molecule has 0 aliphatic carbocycles. The number of hydrogen-bond acceptors (Lipinski definition) is 7. The van der Waals surface area contributed by atoms with E-state index in [4.69, 9.17) is 4.74 Å². The first-order valence-electron chi connectivity index (χ1n) is 7.72. The standard InChI is InChI=1S/C16H23N5O3S/c1-6-24-12-7-9-13(10-8-12)25(22,23)19-14-11-17-16(21(4)5)18-15(14)20(2)3/h7-11,19H,6H2,1-5H3. The fourth-order valence-electron chi connectivity index (χ4n) is 2.08. The van der Waals surface area contributed by atoms with Crippen molar-refractivity contribution in [1.29, 1.82) is 0 Å². The van der Waals surface area contributed by atoms with Crippen LogP contribution in [0.25, 0.3) is 0 Å². The Bertz CT molecular complexity index is 820. The highest BCUT2D eigenvalue weighted by Crippen LogP contribution is 2.26. The molecule has 0 fully saturated rings. The van der Waals surface area contributed by atoms with E-state index in [0.717, 1.165) is 0 Å². The van der Waals surface area contributed by atoms with Gasteiger partial charge in [0.15, 0.2) is 5.82 Å². The number of rotatable bonds is 7. The molecule has 0 aliphatic rings. The molecule has 0 aliphatic heterocycles. The number of benzene rings is 1. The van der Waals surface area contributed by atoms with Crippen LogP contribution in [0.15, 0.2) is 35.4 Å². The summed E-state index contributed by atoms with van der Waals surface area (Å²) in [4.78, 5) is 12.2. The molecule has 0 saturated heterocycles. The number of aromatic nitrogens is 2. The number of hydrogen-bond donors (Lipinski definition) is 1. The van der Waals surface area contributed by atoms with Crippen LogP contribution >= 0.6 is 0 Å². The molecule has 136 valence electrons. The Labute approximate surface area is 148 Å². The Morgan fingerprint density at radius 3 is 2.24 bits per heavy atom. The molecule has 2 aromatic rings. The fraction of sp³-hybridized carbons (Fsp3) is 0.375. The monoisotopic (exact) mass is 365 g/mol. The van der Waals surface area contributed by atoms with Gasteiger partial charge >= 0.3 is 0 Å². The van der Waals surface area contributed by atoms with Gasteiger partial charge in [0, 0.05) is 28.2 Å². The van der Waals surface area contributed by atoms with Crippen LogP contribution in [0.5, 0.6) is 5.75 Å². The van der Waals surface area contributed by atoms with Gasteiger partial charge in [-0.3, -0.25) is 4.72 Å². The lowest BCUT2D eigenvalue weighted by Gasteiger charge is -2.19. The third-order valence-corrected chi connectivity index (χ3v) is 4.65. The van der Waals surface area contributed by atoms with E-state index >= 15 is 0 Å². The Morgan fingerprint density at radius 1 is 1.08 bits per heavy atom. The highest BCUT2D eigenvalue weighted by Gasteiger charge is 2.19. The number of nitrogens with one attached hydrogen (secondary N) is 1. The van der Waals surface area contributed by atoms with Crippen molar-refractivity contribution >= 4 is 27.5 Å². The molecule has 0 amide bonds. The summed E-state index contributed by atoms with van der Waals surface area (Å²) in [5, 5.41) is 0. The molecule has 1 aromatic carbocycles. The van der Waals surface area contributed by atoms with E-state index < -0.39 is 10.0 Å². The van der Waals surface area contributed by atoms with Crippen LogP contribution in [0.2, 0.25) is 0 Å². The van der Waals surface area contributed by atoms with Crippen molar-refractivity contribution in [3.8, 4) is 5.75 Å². The average Bonchev–Trinajstić information content (AvgIpc) is 2.55. The lowest BCUT2D eigenvalue weighted by Crippen LogP contribution is -2.21. The van der Waals surface area contributed by atoms with E-state index in [-0.39, 0.29) is 4.90 Å². The summed E-state index contributed by atoms with van der Waals surface area (Å²) in [6, 6.07) is 6.24. The predicted molar refractivity (Wildman–Crippen MR) is 99.1 cm³/mol. The van der Waals surface area contributed by atoms with E-state index in [1.807, 2.05) is 21.0 Å². The van der Waals surface area contributed by atoms with Gasteiger partial charge < -0.3 is 14.5 Å². The topological polar surface area (TPSA) is 87.7 Å². The van der Waals surface area contributed by atoms with Crippen LogP contribution in [0.1, 0.15) is 6.92 Å². The summed E-state index contributed by atoms with van der Waals surface area (Å²) in [5.74, 6) is 1.59. The van der Waals surface area contributed by atoms with Gasteiger partial charge in [0.1, 0.15) is 11.4 Å². The second kappa shape index (κ2) is 7.56. The first-order chi connectivity index (χ1) is 11.7. The Hall–Kier alpha value is -2.55. The van der Waals surface area contributed by atoms with Crippen LogP contribution < -0.4 is 19.3 Å². The molecule has 0 saturated carbocycles. The molecule has 0 radical (unpaired) electrons. The Balaban J connectivity index is 2.33. The molecule has 0 atom stereocenters. The van der Waals surface area contributed by atoms with Gasteiger partial charge in [0.2, 0.25) is 5.95 Å². The molecule has 25 heavy (non-hydrogen) atoms. The maximum absolute atomic E-state index is 12.6. The summed E-state index contributed by atoms with van der Waals surface area (Å²) in [5.41, 5.74) is 0.310. The molecular weight excluding hydrogens is 342 g/mol. The minimum Gasteiger partial charge on any atom is -0.494 e. The molecule has 9 heteroatoms. The second-order valence-electron chi connectivity index (χ2n) is 5.71. The number of ether oxygens (including phenoxy) is 1. The molecule has 1 heterocycles. The summed E-state index contributed by atoms with van der Waals surface area (Å²) in [7, 11) is 3.45. The molecule has 0 unspecified atom stereocenters. The van der Waals surface area contributed by atoms with Crippen LogP contribution in [0.4, 0.5) is 17.5 Å². The summed E-state index contributed by atoms with van der Waals surface area (Å²) >= 11 is 0. The van der Waals surface area contributed by atoms with Gasteiger partial charge in [-0.05, 0) is 31.2 Å². The van der Waals surface area contributed by atoms with Gasteiger partial charge in [0.05, 0.1) is 17.7 Å². The minimum absolute atomic E-state index is 0.136. The van der Waals surface area contributed by atoms with Crippen molar-refractivity contribution in [2.45, 2.75) is 11.8 Å². The highest BCUT2D eigenvalue weighted by molar-refractivity contribution is 7.92. The SMILES string of the molecule is CCOc1ccc(S(=O)(=O)Nc2cnc(N(C)C)nc2N(C)C)cc1. The molecule has 8 nitrogen and oxygen atoms in total. The smallest absolute Gasteiger partial charge is 0.262 e. The lowest BCUT2D eigenvalue weighted by atomic mass is 10.3. The molecule has 1 N–H and O–H groups in total. The number of nitrogens with zero attached hydrogens (tertiary/aromatic N) is 4. The lowest BCUT2D eigenvalue weighted by molar-refractivity contribution is 0.340. The zero-order chi connectivity index (χ0) is 18.6. The van der Waals surface area contributed by atoms with Crippen molar-refractivity contribution < 1.29 is 13.2 Å². The maximum Gasteiger partial charge on any atom is 0.262 e. The summed E-state index contributed by atoms with van der Waals surface area (Å²) in [6.07, 6.45) is 1.46. The zero-order valence-electron chi connectivity index (χ0n) is 15.0. The molecule has 1 aromatic heterocycles. The third kappa shape index (κ3) is 4.50. The van der Waals surface area contributed by atoms with Crippen molar-refractivity contribution in [2.24, 2.45) is 0 Å². The van der Waals surface area contributed by atoms with Crippen molar-refractivity contribution in [2.75, 3.05) is 49.3 Å². The van der Waals surface area contributed by atoms with Gasteiger partial charge in [-0.2, -0.15) is 4.98 Å². The van der Waals surface area contributed by atoms with Crippen molar-refractivity contribution in [3.05, 3.63) is 30.5 Å². The highest BCUT2D eigenvalue weighted by atomic mass is 32.2. The normalized spacial score (nSPS) is 11.1. The summed E-state index contributed by atoms with van der Waals surface area (Å²) < 4.78 is 33.1. The van der Waals surface area contributed by atoms with E-state index in [2.05, 4.69) is 14.7 Å². The second-order valence-corrected chi connectivity index (χ2v) is 7.39. The van der Waals surface area contributed by atoms with E-state index in [1.165, 1.54) is 18.3 Å². The minimum atomic E-state index is -3.76. The van der Waals surface area contributed by atoms with Crippen molar-refractivity contribution in [3.63, 3.8) is 0 Å². The third-order valence-electron chi connectivity index (χ3n) is 3.27. The maximum atomic E-state index is 12.6. The van der Waals surface area contributed by atoms with Gasteiger partial charge in [0.25, 0.3) is 10.0 Å². The van der Waals surface area contributed by atoms with Crippen LogP contribution in [0.3, 0.4) is 0 Å². The van der Waals surface area contributed by atoms with Crippen LogP contribution in [0, 0.1) is 0 Å². The molecular formula is C16H23N5O3S. The first-order valence-corrected chi connectivity index (χ1v) is 9.20. The van der Waals surface area contributed by atoms with Crippen LogP contribution in [-0.2, 0) is 10.0 Å². The zero-order valence-corrected chi connectivity index (χ0v) is 15.8. The number of anilines is 3. The number of sulfonamides is 1. The molecule has 0 bridgehead atoms. The first kappa shape index (κ1) is 18.8. The van der Waals surface area contributed by atoms with Gasteiger partial charge in [-0.1, -0.05) is 0 Å². The van der Waals surface area contributed by atoms with Crippen LogP contribution in [-0.4, -0.2) is 53.2 Å². The van der Waals surface area contributed by atoms with Gasteiger partial charge in [-0.25, -0.2) is 13.4 Å². The molecule has 0 spiro atoms. The quantitative estimate of drug-likeness (QED) is 0.800. The van der Waals surface area contributed by atoms with Gasteiger partial charge in [-0.15, -0.1) is 0 Å².